The second-order valence-electron chi connectivity index (χ2n) is 5.99. The average Bonchev–Trinajstić information content (AvgIpc) is 2.78. The van der Waals surface area contributed by atoms with Gasteiger partial charge in [0.05, 0.1) is 0 Å². The van der Waals surface area contributed by atoms with Crippen LogP contribution in [0.1, 0.15) is 39.3 Å². The Morgan fingerprint density at radius 3 is 2.70 bits per heavy atom. The van der Waals surface area contributed by atoms with Crippen molar-refractivity contribution in [2.24, 2.45) is 0 Å². The van der Waals surface area contributed by atoms with Crippen LogP contribution in [-0.4, -0.2) is 30.7 Å². The van der Waals surface area contributed by atoms with Gasteiger partial charge < -0.3 is 14.6 Å². The first-order valence-corrected chi connectivity index (χ1v) is 8.02. The van der Waals surface area contributed by atoms with Crippen LogP contribution in [0.4, 0.5) is 0 Å². The molecule has 4 nitrogen and oxygen atoms in total. The number of amides is 1. The molecule has 0 spiro atoms. The van der Waals surface area contributed by atoms with Crippen molar-refractivity contribution < 1.29 is 9.53 Å². The van der Waals surface area contributed by atoms with Crippen molar-refractivity contribution in [2.45, 2.75) is 33.7 Å². The Balaban J connectivity index is 2.18. The predicted molar refractivity (Wildman–Crippen MR) is 93.0 cm³/mol. The maximum atomic E-state index is 12.5. The number of nitrogens with zero attached hydrogens (tertiary/aromatic N) is 1. The number of carbonyl (C=O) groups is 1. The van der Waals surface area contributed by atoms with E-state index in [0.717, 1.165) is 23.4 Å². The molecule has 0 atom stereocenters. The van der Waals surface area contributed by atoms with Gasteiger partial charge in [0.2, 0.25) is 0 Å². The van der Waals surface area contributed by atoms with E-state index < -0.39 is 0 Å². The van der Waals surface area contributed by atoms with Crippen LogP contribution in [0, 0.1) is 20.8 Å². The number of aromatic nitrogens is 1. The van der Waals surface area contributed by atoms with Gasteiger partial charge in [-0.05, 0) is 44.4 Å². The van der Waals surface area contributed by atoms with Gasteiger partial charge in [0.15, 0.2) is 0 Å². The third kappa shape index (κ3) is 4.45. The SMILES string of the molecule is COCCCNC(=O)c1c(C)cc(C)n1Cc1cccc(C)c1. The van der Waals surface area contributed by atoms with E-state index in [0.29, 0.717) is 19.7 Å². The molecule has 0 aliphatic carbocycles. The Morgan fingerprint density at radius 1 is 1.22 bits per heavy atom. The monoisotopic (exact) mass is 314 g/mol. The lowest BCUT2D eigenvalue weighted by Crippen LogP contribution is -2.28. The summed E-state index contributed by atoms with van der Waals surface area (Å²) in [5.41, 5.74) is 5.30. The molecule has 1 N–H and O–H groups in total. The number of carbonyl (C=O) groups excluding carboxylic acids is 1. The van der Waals surface area contributed by atoms with E-state index in [-0.39, 0.29) is 5.91 Å². The minimum atomic E-state index is -0.0145. The highest BCUT2D eigenvalue weighted by atomic mass is 16.5. The Hall–Kier alpha value is -2.07. The van der Waals surface area contributed by atoms with Crippen molar-refractivity contribution in [1.82, 2.24) is 9.88 Å². The summed E-state index contributed by atoms with van der Waals surface area (Å²) in [5.74, 6) is -0.0145. The van der Waals surface area contributed by atoms with E-state index in [1.165, 1.54) is 11.1 Å². The molecule has 0 saturated heterocycles. The molecule has 0 saturated carbocycles. The van der Waals surface area contributed by atoms with Gasteiger partial charge in [0.25, 0.3) is 5.91 Å². The van der Waals surface area contributed by atoms with Crippen LogP contribution < -0.4 is 5.32 Å². The first kappa shape index (κ1) is 17.3. The van der Waals surface area contributed by atoms with Gasteiger partial charge in [-0.3, -0.25) is 4.79 Å². The number of hydrogen-bond donors (Lipinski definition) is 1. The van der Waals surface area contributed by atoms with Crippen molar-refractivity contribution in [3.8, 4) is 0 Å². The second-order valence-corrected chi connectivity index (χ2v) is 5.99. The van der Waals surface area contributed by atoms with Gasteiger partial charge in [-0.15, -0.1) is 0 Å². The van der Waals surface area contributed by atoms with Crippen LogP contribution >= 0.6 is 0 Å². The lowest BCUT2D eigenvalue weighted by molar-refractivity contribution is 0.0939. The summed E-state index contributed by atoms with van der Waals surface area (Å²) in [6.07, 6.45) is 0.818. The molecule has 0 unspecified atom stereocenters. The molecule has 1 aromatic heterocycles. The average molecular weight is 314 g/mol. The van der Waals surface area contributed by atoms with E-state index in [2.05, 4.69) is 47.1 Å². The first-order chi connectivity index (χ1) is 11.0. The molecule has 124 valence electrons. The zero-order valence-electron chi connectivity index (χ0n) is 14.5. The number of ether oxygens (including phenoxy) is 1. The number of nitrogens with one attached hydrogen (secondary N) is 1. The fourth-order valence-corrected chi connectivity index (χ4v) is 2.85. The molecule has 0 fully saturated rings. The van der Waals surface area contributed by atoms with E-state index in [1.54, 1.807) is 7.11 Å². The molecular formula is C19H26N2O2. The zero-order valence-corrected chi connectivity index (χ0v) is 14.5. The fourth-order valence-electron chi connectivity index (χ4n) is 2.85. The van der Waals surface area contributed by atoms with Crippen molar-refractivity contribution in [3.05, 3.63) is 58.4 Å². The highest BCUT2D eigenvalue weighted by Gasteiger charge is 2.17. The second kappa shape index (κ2) is 7.97. The summed E-state index contributed by atoms with van der Waals surface area (Å²) in [5, 5.41) is 2.99. The van der Waals surface area contributed by atoms with Gasteiger partial charge >= 0.3 is 0 Å². The molecule has 1 amide bonds. The van der Waals surface area contributed by atoms with Gasteiger partial charge in [-0.25, -0.2) is 0 Å². The molecule has 0 radical (unpaired) electrons. The first-order valence-electron chi connectivity index (χ1n) is 8.02. The van der Waals surface area contributed by atoms with Crippen LogP contribution in [0.3, 0.4) is 0 Å². The van der Waals surface area contributed by atoms with E-state index in [4.69, 9.17) is 4.74 Å². The Bertz CT molecular complexity index is 674. The van der Waals surface area contributed by atoms with Gasteiger partial charge in [0, 0.05) is 32.5 Å². The molecule has 4 heteroatoms. The van der Waals surface area contributed by atoms with Crippen molar-refractivity contribution in [3.63, 3.8) is 0 Å². The summed E-state index contributed by atoms with van der Waals surface area (Å²) in [4.78, 5) is 12.5. The number of hydrogen-bond acceptors (Lipinski definition) is 2. The largest absolute Gasteiger partial charge is 0.385 e. The van der Waals surface area contributed by atoms with Crippen molar-refractivity contribution in [2.75, 3.05) is 20.3 Å². The minimum absolute atomic E-state index is 0.0145. The molecular weight excluding hydrogens is 288 g/mol. The third-order valence-electron chi connectivity index (χ3n) is 3.94. The number of benzene rings is 1. The Labute approximate surface area is 138 Å². The molecule has 23 heavy (non-hydrogen) atoms. The molecule has 1 heterocycles. The molecule has 0 aliphatic heterocycles. The Morgan fingerprint density at radius 2 is 2.00 bits per heavy atom. The maximum absolute atomic E-state index is 12.5. The third-order valence-corrected chi connectivity index (χ3v) is 3.94. The lowest BCUT2D eigenvalue weighted by atomic mass is 10.1. The van der Waals surface area contributed by atoms with E-state index in [9.17, 15) is 4.79 Å². The summed E-state index contributed by atoms with van der Waals surface area (Å²) < 4.78 is 7.11. The van der Waals surface area contributed by atoms with Gasteiger partial charge in [-0.1, -0.05) is 29.8 Å². The molecule has 1 aromatic carbocycles. The summed E-state index contributed by atoms with van der Waals surface area (Å²) in [6, 6.07) is 10.5. The summed E-state index contributed by atoms with van der Waals surface area (Å²) in [6.45, 7) is 8.11. The normalized spacial score (nSPS) is 10.8. The van der Waals surface area contributed by atoms with Crippen LogP contribution in [0.5, 0.6) is 0 Å². The number of rotatable bonds is 7. The maximum Gasteiger partial charge on any atom is 0.268 e. The standard InChI is InChI=1S/C19H26N2O2/c1-14-7-5-8-17(11-14)13-21-16(3)12-15(2)18(21)19(22)20-9-6-10-23-4/h5,7-8,11-12H,6,9-10,13H2,1-4H3,(H,20,22). The Kier molecular flexibility index (Phi) is 5.99. The van der Waals surface area contributed by atoms with Gasteiger partial charge in [-0.2, -0.15) is 0 Å². The van der Waals surface area contributed by atoms with E-state index >= 15 is 0 Å². The van der Waals surface area contributed by atoms with E-state index in [1.807, 2.05) is 13.8 Å². The molecule has 0 bridgehead atoms. The molecule has 2 rings (SSSR count). The van der Waals surface area contributed by atoms with Crippen molar-refractivity contribution in [1.29, 1.82) is 0 Å². The van der Waals surface area contributed by atoms with Crippen LogP contribution in [0.2, 0.25) is 0 Å². The molecule has 0 aliphatic rings. The van der Waals surface area contributed by atoms with Gasteiger partial charge in [0.1, 0.15) is 5.69 Å². The number of aryl methyl sites for hydroxylation is 3. The van der Waals surface area contributed by atoms with Crippen LogP contribution in [0.15, 0.2) is 30.3 Å². The smallest absolute Gasteiger partial charge is 0.268 e. The topological polar surface area (TPSA) is 43.3 Å². The lowest BCUT2D eigenvalue weighted by Gasteiger charge is -2.13. The summed E-state index contributed by atoms with van der Waals surface area (Å²) in [7, 11) is 1.67. The highest BCUT2D eigenvalue weighted by molar-refractivity contribution is 5.94. The molecule has 2 aromatic rings. The highest BCUT2D eigenvalue weighted by Crippen LogP contribution is 2.18. The fraction of sp³-hybridized carbons (Fsp3) is 0.421. The number of methoxy groups -OCH3 is 1. The minimum Gasteiger partial charge on any atom is -0.385 e. The zero-order chi connectivity index (χ0) is 16.8. The van der Waals surface area contributed by atoms with Crippen LogP contribution in [-0.2, 0) is 11.3 Å². The quantitative estimate of drug-likeness (QED) is 0.797. The van der Waals surface area contributed by atoms with Crippen LogP contribution in [0.25, 0.3) is 0 Å². The van der Waals surface area contributed by atoms with Crippen molar-refractivity contribution >= 4 is 5.91 Å². The predicted octanol–water partition coefficient (Wildman–Crippen LogP) is 3.23. The summed E-state index contributed by atoms with van der Waals surface area (Å²) >= 11 is 0.